The molecular formula is C22H24FN3O4. The lowest BCUT2D eigenvalue weighted by molar-refractivity contribution is -0.139. The number of hydrogen-bond donors (Lipinski definition) is 1. The second-order valence-electron chi connectivity index (χ2n) is 7.30. The lowest BCUT2D eigenvalue weighted by Gasteiger charge is -2.32. The van der Waals surface area contributed by atoms with E-state index in [9.17, 15) is 14.0 Å². The summed E-state index contributed by atoms with van der Waals surface area (Å²) in [4.78, 5) is 29.3. The quantitative estimate of drug-likeness (QED) is 0.837. The molecule has 2 saturated heterocycles. The summed E-state index contributed by atoms with van der Waals surface area (Å²) < 4.78 is 25.3. The van der Waals surface area contributed by atoms with Gasteiger partial charge in [0, 0.05) is 19.5 Å². The minimum Gasteiger partial charge on any atom is -0.488 e. The number of nitrogens with one attached hydrogen (secondary N) is 1. The second kappa shape index (κ2) is 9.13. The summed E-state index contributed by atoms with van der Waals surface area (Å²) in [7, 11) is 0. The van der Waals surface area contributed by atoms with Gasteiger partial charge in [-0.25, -0.2) is 9.18 Å². The van der Waals surface area contributed by atoms with Gasteiger partial charge >= 0.3 is 6.03 Å². The fourth-order valence-electron chi connectivity index (χ4n) is 3.78. The van der Waals surface area contributed by atoms with Crippen LogP contribution >= 0.6 is 0 Å². The Balaban J connectivity index is 1.51. The molecule has 2 heterocycles. The van der Waals surface area contributed by atoms with Gasteiger partial charge in [0.25, 0.3) is 0 Å². The third-order valence-corrected chi connectivity index (χ3v) is 5.29. The standard InChI is InChI=1S/C22H24FN3O4/c23-18-8-4-5-9-19(18)24-22(28)26-15-17(30-16-6-2-1-3-7-16)14-20(26)21(27)25-10-12-29-13-11-25/h1-9,17,20H,10-15H2,(H,24,28)/t17-,20-/m0/s1. The second-order valence-corrected chi connectivity index (χ2v) is 7.30. The maximum absolute atomic E-state index is 14.0. The molecule has 4 rings (SSSR count). The van der Waals surface area contributed by atoms with Gasteiger partial charge in [-0.1, -0.05) is 30.3 Å². The average molecular weight is 413 g/mol. The Morgan fingerprint density at radius 1 is 1.03 bits per heavy atom. The van der Waals surface area contributed by atoms with Gasteiger partial charge in [0.2, 0.25) is 5.91 Å². The molecule has 2 fully saturated rings. The molecule has 8 heteroatoms. The van der Waals surface area contributed by atoms with E-state index in [4.69, 9.17) is 9.47 Å². The number of rotatable bonds is 4. The molecule has 0 spiro atoms. The number of nitrogens with zero attached hydrogens (tertiary/aromatic N) is 2. The lowest BCUT2D eigenvalue weighted by Crippen LogP contribution is -2.51. The number of morpholine rings is 1. The van der Waals surface area contributed by atoms with Crippen molar-refractivity contribution in [2.24, 2.45) is 0 Å². The first-order valence-electron chi connectivity index (χ1n) is 10.0. The van der Waals surface area contributed by atoms with Gasteiger partial charge in [-0.3, -0.25) is 4.79 Å². The smallest absolute Gasteiger partial charge is 0.322 e. The van der Waals surface area contributed by atoms with Gasteiger partial charge in [-0.2, -0.15) is 0 Å². The van der Waals surface area contributed by atoms with Crippen LogP contribution in [0.15, 0.2) is 54.6 Å². The van der Waals surface area contributed by atoms with Gasteiger partial charge < -0.3 is 24.6 Å². The largest absolute Gasteiger partial charge is 0.488 e. The predicted octanol–water partition coefficient (Wildman–Crippen LogP) is 2.74. The van der Waals surface area contributed by atoms with E-state index in [2.05, 4.69) is 5.32 Å². The molecule has 1 N–H and O–H groups in total. The van der Waals surface area contributed by atoms with Crippen molar-refractivity contribution in [2.45, 2.75) is 18.6 Å². The molecule has 158 valence electrons. The van der Waals surface area contributed by atoms with Gasteiger partial charge in [0.15, 0.2) is 0 Å². The molecular weight excluding hydrogens is 389 g/mol. The normalized spacial score (nSPS) is 21.4. The number of benzene rings is 2. The van der Waals surface area contributed by atoms with E-state index >= 15 is 0 Å². The summed E-state index contributed by atoms with van der Waals surface area (Å²) in [6, 6.07) is 14.0. The Morgan fingerprint density at radius 3 is 2.47 bits per heavy atom. The Kier molecular flexibility index (Phi) is 6.13. The van der Waals surface area contributed by atoms with Crippen LogP contribution in [0, 0.1) is 5.82 Å². The van der Waals surface area contributed by atoms with Crippen LogP contribution in [0.5, 0.6) is 5.75 Å². The monoisotopic (exact) mass is 413 g/mol. The molecule has 7 nitrogen and oxygen atoms in total. The van der Waals surface area contributed by atoms with Crippen LogP contribution in [0.1, 0.15) is 6.42 Å². The molecule has 0 radical (unpaired) electrons. The highest BCUT2D eigenvalue weighted by Gasteiger charge is 2.43. The zero-order valence-electron chi connectivity index (χ0n) is 16.5. The maximum atomic E-state index is 14.0. The molecule has 0 saturated carbocycles. The van der Waals surface area contributed by atoms with Crippen molar-refractivity contribution in [1.82, 2.24) is 9.80 Å². The number of hydrogen-bond acceptors (Lipinski definition) is 4. The van der Waals surface area contributed by atoms with Crippen LogP contribution in [-0.4, -0.2) is 66.7 Å². The molecule has 2 aliphatic rings. The topological polar surface area (TPSA) is 71.1 Å². The number of carbonyl (C=O) groups is 2. The van der Waals surface area contributed by atoms with Crippen molar-refractivity contribution in [1.29, 1.82) is 0 Å². The van der Waals surface area contributed by atoms with Gasteiger partial charge in [-0.05, 0) is 24.3 Å². The van der Waals surface area contributed by atoms with Crippen LogP contribution in [0.25, 0.3) is 0 Å². The Morgan fingerprint density at radius 2 is 1.73 bits per heavy atom. The number of anilines is 1. The molecule has 2 aromatic rings. The molecule has 0 bridgehead atoms. The molecule has 2 atom stereocenters. The maximum Gasteiger partial charge on any atom is 0.322 e. The Labute approximate surface area is 174 Å². The van der Waals surface area contributed by atoms with Crippen molar-refractivity contribution < 1.29 is 23.5 Å². The van der Waals surface area contributed by atoms with E-state index in [1.54, 1.807) is 17.0 Å². The first-order chi connectivity index (χ1) is 14.6. The van der Waals surface area contributed by atoms with Crippen LogP contribution in [0.3, 0.4) is 0 Å². The number of carbonyl (C=O) groups excluding carboxylic acids is 2. The van der Waals surface area contributed by atoms with Crippen molar-refractivity contribution in [3.05, 3.63) is 60.4 Å². The van der Waals surface area contributed by atoms with Crippen molar-refractivity contribution in [3.63, 3.8) is 0 Å². The molecule has 0 aromatic heterocycles. The van der Waals surface area contributed by atoms with Crippen molar-refractivity contribution in [2.75, 3.05) is 38.2 Å². The Hall–Kier alpha value is -3.13. The van der Waals surface area contributed by atoms with E-state index in [-0.39, 0.29) is 24.2 Å². The van der Waals surface area contributed by atoms with Gasteiger partial charge in [0.05, 0.1) is 25.4 Å². The van der Waals surface area contributed by atoms with E-state index in [0.717, 1.165) is 0 Å². The number of ether oxygens (including phenoxy) is 2. The lowest BCUT2D eigenvalue weighted by atomic mass is 10.1. The summed E-state index contributed by atoms with van der Waals surface area (Å²) in [5, 5.41) is 2.59. The highest BCUT2D eigenvalue weighted by Crippen LogP contribution is 2.26. The number of para-hydroxylation sites is 2. The molecule has 2 aliphatic heterocycles. The average Bonchev–Trinajstić information content (AvgIpc) is 3.20. The fourth-order valence-corrected chi connectivity index (χ4v) is 3.78. The molecule has 2 aromatic carbocycles. The van der Waals surface area contributed by atoms with Gasteiger partial charge in [0.1, 0.15) is 23.7 Å². The summed E-state index contributed by atoms with van der Waals surface area (Å²) in [6.07, 6.45) is 0.0317. The summed E-state index contributed by atoms with van der Waals surface area (Å²) in [5.74, 6) is 0.00997. The van der Waals surface area contributed by atoms with Crippen LogP contribution < -0.4 is 10.1 Å². The summed E-state index contributed by atoms with van der Waals surface area (Å²) in [6.45, 7) is 2.16. The minimum atomic E-state index is -0.677. The number of halogens is 1. The highest BCUT2D eigenvalue weighted by molar-refractivity contribution is 5.94. The molecule has 0 unspecified atom stereocenters. The number of urea groups is 1. The zero-order valence-corrected chi connectivity index (χ0v) is 16.5. The van der Waals surface area contributed by atoms with Crippen molar-refractivity contribution in [3.8, 4) is 5.75 Å². The highest BCUT2D eigenvalue weighted by atomic mass is 19.1. The van der Waals surface area contributed by atoms with Crippen LogP contribution in [0.4, 0.5) is 14.9 Å². The van der Waals surface area contributed by atoms with E-state index in [0.29, 0.717) is 38.5 Å². The first-order valence-corrected chi connectivity index (χ1v) is 10.0. The number of amides is 3. The molecule has 0 aliphatic carbocycles. The fraction of sp³-hybridized carbons (Fsp3) is 0.364. The molecule has 3 amide bonds. The van der Waals surface area contributed by atoms with Gasteiger partial charge in [-0.15, -0.1) is 0 Å². The van der Waals surface area contributed by atoms with Crippen LogP contribution in [-0.2, 0) is 9.53 Å². The predicted molar refractivity (Wildman–Crippen MR) is 109 cm³/mol. The third kappa shape index (κ3) is 4.54. The van der Waals surface area contributed by atoms with E-state index < -0.39 is 17.9 Å². The van der Waals surface area contributed by atoms with E-state index in [1.807, 2.05) is 30.3 Å². The van der Waals surface area contributed by atoms with E-state index in [1.165, 1.54) is 17.0 Å². The minimum absolute atomic E-state index is 0.0764. The van der Waals surface area contributed by atoms with Crippen molar-refractivity contribution >= 4 is 17.6 Å². The number of likely N-dealkylation sites (tertiary alicyclic amines) is 1. The summed E-state index contributed by atoms with van der Waals surface area (Å²) >= 11 is 0. The molecule has 30 heavy (non-hydrogen) atoms. The zero-order chi connectivity index (χ0) is 20.9. The first kappa shape index (κ1) is 20.2. The van der Waals surface area contributed by atoms with Crippen LogP contribution in [0.2, 0.25) is 0 Å². The third-order valence-electron chi connectivity index (χ3n) is 5.29. The Bertz CT molecular complexity index is 889. The SMILES string of the molecule is O=C([C@@H]1C[C@H](Oc2ccccc2)CN1C(=O)Nc1ccccc1F)N1CCOCC1. The summed E-state index contributed by atoms with van der Waals surface area (Å²) in [5.41, 5.74) is 0.0764.